The molecule has 2 rings (SSSR count). The Hall–Kier alpha value is -2.07. The second-order valence-corrected chi connectivity index (χ2v) is 4.42. The van der Waals surface area contributed by atoms with Gasteiger partial charge in [0, 0.05) is 18.3 Å². The average Bonchev–Trinajstić information content (AvgIpc) is 2.41. The highest BCUT2D eigenvalue weighted by Gasteiger charge is 2.14. The fourth-order valence-corrected chi connectivity index (χ4v) is 1.80. The van der Waals surface area contributed by atoms with Crippen LogP contribution in [0, 0.1) is 5.82 Å². The number of hydrogen-bond donors (Lipinski definition) is 1. The molecule has 0 bridgehead atoms. The van der Waals surface area contributed by atoms with E-state index in [0.29, 0.717) is 11.3 Å². The van der Waals surface area contributed by atoms with Gasteiger partial charge < -0.3 is 10.0 Å². The lowest BCUT2D eigenvalue weighted by atomic mass is 10.2. The lowest BCUT2D eigenvalue weighted by Gasteiger charge is -2.17. The highest BCUT2D eigenvalue weighted by Crippen LogP contribution is 2.21. The van der Waals surface area contributed by atoms with Crippen molar-refractivity contribution in [1.82, 2.24) is 0 Å². The van der Waals surface area contributed by atoms with Gasteiger partial charge in [-0.1, -0.05) is 11.6 Å². The first-order valence-electron chi connectivity index (χ1n) is 5.51. The molecule has 19 heavy (non-hydrogen) atoms. The van der Waals surface area contributed by atoms with Gasteiger partial charge in [-0.25, -0.2) is 4.39 Å². The van der Waals surface area contributed by atoms with E-state index < -0.39 is 5.82 Å². The van der Waals surface area contributed by atoms with E-state index in [1.54, 1.807) is 19.2 Å². The van der Waals surface area contributed by atoms with Crippen molar-refractivity contribution in [3.05, 3.63) is 58.9 Å². The fraction of sp³-hybridized carbons (Fsp3) is 0.0714. The summed E-state index contributed by atoms with van der Waals surface area (Å²) in [5.74, 6) is -0.757. The summed E-state index contributed by atoms with van der Waals surface area (Å²) in [6.45, 7) is 0. The van der Waals surface area contributed by atoms with Crippen molar-refractivity contribution < 1.29 is 14.3 Å². The van der Waals surface area contributed by atoms with Crippen molar-refractivity contribution >= 4 is 23.2 Å². The predicted molar refractivity (Wildman–Crippen MR) is 72.3 cm³/mol. The normalized spacial score (nSPS) is 10.3. The molecule has 98 valence electrons. The standard InChI is InChI=1S/C14H11ClFNO2/c1-17(10-3-5-11(18)6-4-10)14(19)9-2-7-13(16)12(15)8-9/h2-8,18H,1H3. The summed E-state index contributed by atoms with van der Waals surface area (Å²) in [6.07, 6.45) is 0. The summed E-state index contributed by atoms with van der Waals surface area (Å²) in [5, 5.41) is 9.11. The van der Waals surface area contributed by atoms with E-state index in [1.165, 1.54) is 29.2 Å². The second kappa shape index (κ2) is 5.28. The molecule has 2 aromatic rings. The van der Waals surface area contributed by atoms with Crippen LogP contribution in [0.15, 0.2) is 42.5 Å². The Morgan fingerprint density at radius 2 is 1.84 bits per heavy atom. The summed E-state index contributed by atoms with van der Waals surface area (Å²) in [4.78, 5) is 13.6. The minimum absolute atomic E-state index is 0.0926. The smallest absolute Gasteiger partial charge is 0.258 e. The SMILES string of the molecule is CN(C(=O)c1ccc(F)c(Cl)c1)c1ccc(O)cc1. The van der Waals surface area contributed by atoms with Crippen LogP contribution in [0.5, 0.6) is 5.75 Å². The summed E-state index contributed by atoms with van der Waals surface area (Å²) in [6, 6.07) is 10.0. The van der Waals surface area contributed by atoms with Crippen molar-refractivity contribution in [2.75, 3.05) is 11.9 Å². The van der Waals surface area contributed by atoms with E-state index in [0.717, 1.165) is 6.07 Å². The molecule has 0 spiro atoms. The zero-order chi connectivity index (χ0) is 14.0. The Kier molecular flexibility index (Phi) is 3.71. The molecule has 0 aliphatic carbocycles. The second-order valence-electron chi connectivity index (χ2n) is 4.01. The maximum atomic E-state index is 13.0. The molecule has 3 nitrogen and oxygen atoms in total. The van der Waals surface area contributed by atoms with Crippen LogP contribution in [-0.2, 0) is 0 Å². The first-order chi connectivity index (χ1) is 8.99. The number of aromatic hydroxyl groups is 1. The molecule has 0 aliphatic rings. The largest absolute Gasteiger partial charge is 0.508 e. The molecule has 0 fully saturated rings. The first-order valence-corrected chi connectivity index (χ1v) is 5.89. The van der Waals surface area contributed by atoms with Crippen LogP contribution in [0.4, 0.5) is 10.1 Å². The molecule has 1 amide bonds. The molecule has 0 atom stereocenters. The van der Waals surface area contributed by atoms with Crippen molar-refractivity contribution in [2.45, 2.75) is 0 Å². The van der Waals surface area contributed by atoms with Crippen LogP contribution < -0.4 is 4.90 Å². The molecular formula is C14H11ClFNO2. The van der Waals surface area contributed by atoms with Gasteiger partial charge in [-0.05, 0) is 42.5 Å². The first kappa shape index (κ1) is 13.4. The summed E-state index contributed by atoms with van der Waals surface area (Å²) in [7, 11) is 1.59. The van der Waals surface area contributed by atoms with E-state index in [4.69, 9.17) is 11.6 Å². The van der Waals surface area contributed by atoms with Crippen molar-refractivity contribution in [1.29, 1.82) is 0 Å². The van der Waals surface area contributed by atoms with Gasteiger partial charge in [-0.2, -0.15) is 0 Å². The van der Waals surface area contributed by atoms with Gasteiger partial charge in [0.05, 0.1) is 5.02 Å². The number of amides is 1. The minimum Gasteiger partial charge on any atom is -0.508 e. The predicted octanol–water partition coefficient (Wildman–Crippen LogP) is 3.46. The molecule has 0 unspecified atom stereocenters. The van der Waals surface area contributed by atoms with Crippen molar-refractivity contribution in [3.8, 4) is 5.75 Å². The Balaban J connectivity index is 2.28. The summed E-state index contributed by atoms with van der Waals surface area (Å²) in [5.41, 5.74) is 0.908. The quantitative estimate of drug-likeness (QED) is 0.914. The molecule has 0 aliphatic heterocycles. The number of carbonyl (C=O) groups is 1. The van der Waals surface area contributed by atoms with Gasteiger partial charge in [0.2, 0.25) is 0 Å². The van der Waals surface area contributed by atoms with Gasteiger partial charge in [0.25, 0.3) is 5.91 Å². The van der Waals surface area contributed by atoms with E-state index in [9.17, 15) is 14.3 Å². The van der Waals surface area contributed by atoms with Crippen LogP contribution in [-0.4, -0.2) is 18.1 Å². The van der Waals surface area contributed by atoms with Crippen LogP contribution in [0.3, 0.4) is 0 Å². The third kappa shape index (κ3) is 2.85. The van der Waals surface area contributed by atoms with Gasteiger partial charge in [0.1, 0.15) is 11.6 Å². The van der Waals surface area contributed by atoms with Crippen molar-refractivity contribution in [2.24, 2.45) is 0 Å². The number of halogens is 2. The number of phenolic OH excluding ortho intramolecular Hbond substituents is 1. The van der Waals surface area contributed by atoms with E-state index in [2.05, 4.69) is 0 Å². The maximum absolute atomic E-state index is 13.0. The van der Waals surface area contributed by atoms with Gasteiger partial charge in [-0.15, -0.1) is 0 Å². The van der Waals surface area contributed by atoms with E-state index in [-0.39, 0.29) is 16.7 Å². The monoisotopic (exact) mass is 279 g/mol. The zero-order valence-corrected chi connectivity index (χ0v) is 10.9. The average molecular weight is 280 g/mol. The Labute approximate surface area is 114 Å². The number of carbonyl (C=O) groups excluding carboxylic acids is 1. The number of nitrogens with zero attached hydrogens (tertiary/aromatic N) is 1. The summed E-state index contributed by atoms with van der Waals surface area (Å²) < 4.78 is 13.0. The van der Waals surface area contributed by atoms with Crippen LogP contribution >= 0.6 is 11.6 Å². The Morgan fingerprint density at radius 1 is 1.21 bits per heavy atom. The fourth-order valence-electron chi connectivity index (χ4n) is 1.62. The zero-order valence-electron chi connectivity index (χ0n) is 10.1. The molecule has 5 heteroatoms. The lowest BCUT2D eigenvalue weighted by Crippen LogP contribution is -2.26. The molecule has 0 heterocycles. The number of phenols is 1. The Morgan fingerprint density at radius 3 is 2.42 bits per heavy atom. The van der Waals surface area contributed by atoms with Crippen molar-refractivity contribution in [3.63, 3.8) is 0 Å². The van der Waals surface area contributed by atoms with Crippen LogP contribution in [0.25, 0.3) is 0 Å². The third-order valence-electron chi connectivity index (χ3n) is 2.71. The number of benzene rings is 2. The molecule has 0 saturated heterocycles. The van der Waals surface area contributed by atoms with Gasteiger partial charge in [-0.3, -0.25) is 4.79 Å². The van der Waals surface area contributed by atoms with Gasteiger partial charge in [0.15, 0.2) is 0 Å². The topological polar surface area (TPSA) is 40.5 Å². The van der Waals surface area contributed by atoms with Crippen LogP contribution in [0.1, 0.15) is 10.4 Å². The molecule has 2 aromatic carbocycles. The highest BCUT2D eigenvalue weighted by molar-refractivity contribution is 6.31. The molecule has 0 saturated carbocycles. The highest BCUT2D eigenvalue weighted by atomic mass is 35.5. The minimum atomic E-state index is -0.564. The third-order valence-corrected chi connectivity index (χ3v) is 3.00. The van der Waals surface area contributed by atoms with Crippen LogP contribution in [0.2, 0.25) is 5.02 Å². The Bertz CT molecular complexity index is 613. The summed E-state index contributed by atoms with van der Waals surface area (Å²) >= 11 is 5.65. The maximum Gasteiger partial charge on any atom is 0.258 e. The lowest BCUT2D eigenvalue weighted by molar-refractivity contribution is 0.0993. The van der Waals surface area contributed by atoms with Gasteiger partial charge >= 0.3 is 0 Å². The number of rotatable bonds is 2. The molecule has 0 aromatic heterocycles. The van der Waals surface area contributed by atoms with E-state index >= 15 is 0 Å². The number of hydrogen-bond acceptors (Lipinski definition) is 2. The van der Waals surface area contributed by atoms with E-state index in [1.807, 2.05) is 0 Å². The number of anilines is 1. The molecular weight excluding hydrogens is 269 g/mol. The molecule has 0 radical (unpaired) electrons. The molecule has 1 N–H and O–H groups in total.